The van der Waals surface area contributed by atoms with Gasteiger partial charge in [-0.15, -0.1) is 23.5 Å². The molecule has 1 aliphatic rings. The van der Waals surface area contributed by atoms with Gasteiger partial charge in [-0.3, -0.25) is 4.79 Å². The van der Waals surface area contributed by atoms with Crippen LogP contribution in [0, 0.1) is 0 Å². The lowest BCUT2D eigenvalue weighted by atomic mass is 10.1. The SMILES string of the molecule is O=C(COc1ccc(C2SCCCS2)cc1)Nc1cccc(-c2ccsc2)c1. The van der Waals surface area contributed by atoms with E-state index in [2.05, 4.69) is 28.9 Å². The van der Waals surface area contributed by atoms with Gasteiger partial charge in [0.15, 0.2) is 6.61 Å². The molecule has 3 nitrogen and oxygen atoms in total. The Labute approximate surface area is 177 Å². The number of carbonyl (C=O) groups is 1. The van der Waals surface area contributed by atoms with Gasteiger partial charge >= 0.3 is 0 Å². The summed E-state index contributed by atoms with van der Waals surface area (Å²) in [7, 11) is 0. The van der Waals surface area contributed by atoms with Crippen LogP contribution in [0.2, 0.25) is 0 Å². The highest BCUT2D eigenvalue weighted by molar-refractivity contribution is 8.16. The van der Waals surface area contributed by atoms with Crippen molar-refractivity contribution in [1.82, 2.24) is 0 Å². The number of thioether (sulfide) groups is 2. The highest BCUT2D eigenvalue weighted by atomic mass is 32.2. The minimum atomic E-state index is -0.162. The lowest BCUT2D eigenvalue weighted by molar-refractivity contribution is -0.118. The average molecular weight is 428 g/mol. The summed E-state index contributed by atoms with van der Waals surface area (Å²) < 4.78 is 6.18. The summed E-state index contributed by atoms with van der Waals surface area (Å²) in [5.74, 6) is 3.01. The second-order valence-electron chi connectivity index (χ2n) is 6.43. The highest BCUT2D eigenvalue weighted by Crippen LogP contribution is 2.43. The standard InChI is InChI=1S/C22H21NO2S3/c24-21(23-19-4-1-3-17(13-19)18-9-12-26-15-18)14-25-20-7-5-16(6-8-20)22-27-10-2-11-28-22/h1,3-9,12-13,15,22H,2,10-11,14H2,(H,23,24). The molecule has 0 aliphatic carbocycles. The van der Waals surface area contributed by atoms with Crippen molar-refractivity contribution in [2.24, 2.45) is 0 Å². The van der Waals surface area contributed by atoms with Crippen molar-refractivity contribution in [3.05, 3.63) is 70.9 Å². The van der Waals surface area contributed by atoms with Gasteiger partial charge in [0.25, 0.3) is 5.91 Å². The molecule has 1 fully saturated rings. The van der Waals surface area contributed by atoms with Gasteiger partial charge in [0.2, 0.25) is 0 Å². The number of hydrogen-bond acceptors (Lipinski definition) is 5. The number of nitrogens with one attached hydrogen (secondary N) is 1. The molecule has 2 aromatic carbocycles. The van der Waals surface area contributed by atoms with Crippen LogP contribution in [-0.2, 0) is 4.79 Å². The molecule has 144 valence electrons. The van der Waals surface area contributed by atoms with Gasteiger partial charge in [-0.05, 0) is 75.7 Å². The van der Waals surface area contributed by atoms with Crippen LogP contribution >= 0.6 is 34.9 Å². The molecule has 3 aromatic rings. The van der Waals surface area contributed by atoms with Crippen LogP contribution in [0.15, 0.2) is 65.4 Å². The summed E-state index contributed by atoms with van der Waals surface area (Å²) in [5, 5.41) is 7.05. The number of amides is 1. The van der Waals surface area contributed by atoms with E-state index in [0.717, 1.165) is 22.6 Å². The molecule has 0 unspecified atom stereocenters. The highest BCUT2D eigenvalue weighted by Gasteiger charge is 2.16. The van der Waals surface area contributed by atoms with Crippen LogP contribution < -0.4 is 10.1 Å². The maximum absolute atomic E-state index is 12.3. The smallest absolute Gasteiger partial charge is 0.262 e. The number of thiophene rings is 1. The van der Waals surface area contributed by atoms with Crippen LogP contribution in [0.3, 0.4) is 0 Å². The second kappa shape index (κ2) is 9.54. The monoisotopic (exact) mass is 427 g/mol. The summed E-state index contributed by atoms with van der Waals surface area (Å²) in [6.45, 7) is -0.00501. The van der Waals surface area contributed by atoms with Crippen molar-refractivity contribution in [2.45, 2.75) is 11.0 Å². The molecule has 0 saturated carbocycles. The number of ether oxygens (including phenoxy) is 1. The zero-order valence-electron chi connectivity index (χ0n) is 15.3. The fraction of sp³-hybridized carbons (Fsp3) is 0.227. The molecule has 0 atom stereocenters. The van der Waals surface area contributed by atoms with E-state index >= 15 is 0 Å². The van der Waals surface area contributed by atoms with Gasteiger partial charge < -0.3 is 10.1 Å². The molecule has 0 radical (unpaired) electrons. The van der Waals surface area contributed by atoms with Crippen molar-refractivity contribution in [2.75, 3.05) is 23.4 Å². The number of carbonyl (C=O) groups excluding carboxylic acids is 1. The molecule has 0 bridgehead atoms. The number of rotatable bonds is 6. The third-order valence-corrected chi connectivity index (χ3v) is 8.05. The molecule has 4 rings (SSSR count). The maximum atomic E-state index is 12.3. The third-order valence-electron chi connectivity index (χ3n) is 4.35. The van der Waals surface area contributed by atoms with Gasteiger partial charge in [0.1, 0.15) is 5.75 Å². The molecule has 1 N–H and O–H groups in total. The van der Waals surface area contributed by atoms with E-state index in [1.54, 1.807) is 11.3 Å². The van der Waals surface area contributed by atoms with Crippen molar-refractivity contribution in [3.63, 3.8) is 0 Å². The molecule has 1 amide bonds. The number of anilines is 1. The molecule has 1 aliphatic heterocycles. The summed E-state index contributed by atoms with van der Waals surface area (Å²) >= 11 is 5.66. The van der Waals surface area contributed by atoms with Gasteiger partial charge in [-0.2, -0.15) is 11.3 Å². The van der Waals surface area contributed by atoms with Crippen molar-refractivity contribution < 1.29 is 9.53 Å². The van der Waals surface area contributed by atoms with Gasteiger partial charge in [0, 0.05) is 5.69 Å². The first-order chi connectivity index (χ1) is 13.8. The molecule has 28 heavy (non-hydrogen) atoms. The fourth-order valence-electron chi connectivity index (χ4n) is 2.95. The van der Waals surface area contributed by atoms with Crippen LogP contribution in [0.25, 0.3) is 11.1 Å². The van der Waals surface area contributed by atoms with Crippen LogP contribution in [-0.4, -0.2) is 24.0 Å². The molecular formula is C22H21NO2S3. The van der Waals surface area contributed by atoms with E-state index in [1.807, 2.05) is 65.3 Å². The predicted octanol–water partition coefficient (Wildman–Crippen LogP) is 6.30. The molecule has 0 spiro atoms. The van der Waals surface area contributed by atoms with Crippen molar-refractivity contribution >= 4 is 46.5 Å². The lowest BCUT2D eigenvalue weighted by Crippen LogP contribution is -2.20. The van der Waals surface area contributed by atoms with E-state index in [0.29, 0.717) is 4.58 Å². The van der Waals surface area contributed by atoms with Crippen molar-refractivity contribution in [3.8, 4) is 16.9 Å². The largest absolute Gasteiger partial charge is 0.484 e. The van der Waals surface area contributed by atoms with Gasteiger partial charge in [-0.1, -0.05) is 24.3 Å². The molecule has 1 saturated heterocycles. The summed E-state index contributed by atoms with van der Waals surface area (Å²) in [6, 6.07) is 18.0. The topological polar surface area (TPSA) is 38.3 Å². The summed E-state index contributed by atoms with van der Waals surface area (Å²) in [4.78, 5) is 12.3. The Morgan fingerprint density at radius 1 is 1.04 bits per heavy atom. The second-order valence-corrected chi connectivity index (χ2v) is 9.93. The Kier molecular flexibility index (Phi) is 6.62. The molecule has 2 heterocycles. The Bertz CT molecular complexity index is 904. The van der Waals surface area contributed by atoms with Crippen LogP contribution in [0.1, 0.15) is 16.6 Å². The Balaban J connectivity index is 1.30. The average Bonchev–Trinajstić information content (AvgIpc) is 3.29. The number of benzene rings is 2. The molecule has 6 heteroatoms. The van der Waals surface area contributed by atoms with E-state index in [1.165, 1.54) is 23.5 Å². The Morgan fingerprint density at radius 3 is 2.61 bits per heavy atom. The van der Waals surface area contributed by atoms with E-state index in [9.17, 15) is 4.79 Å². The minimum absolute atomic E-state index is 0.00501. The molecular weight excluding hydrogens is 406 g/mol. The van der Waals surface area contributed by atoms with Crippen molar-refractivity contribution in [1.29, 1.82) is 0 Å². The van der Waals surface area contributed by atoms with E-state index < -0.39 is 0 Å². The first-order valence-electron chi connectivity index (χ1n) is 9.16. The zero-order chi connectivity index (χ0) is 19.2. The summed E-state index contributed by atoms with van der Waals surface area (Å²) in [5.41, 5.74) is 4.34. The van der Waals surface area contributed by atoms with Gasteiger partial charge in [0.05, 0.1) is 4.58 Å². The van der Waals surface area contributed by atoms with Gasteiger partial charge in [-0.25, -0.2) is 0 Å². The fourth-order valence-corrected chi connectivity index (χ4v) is 6.51. The van der Waals surface area contributed by atoms with Crippen LogP contribution in [0.4, 0.5) is 5.69 Å². The molecule has 1 aromatic heterocycles. The quantitative estimate of drug-likeness (QED) is 0.501. The van der Waals surface area contributed by atoms with E-state index in [-0.39, 0.29) is 12.5 Å². The zero-order valence-corrected chi connectivity index (χ0v) is 17.7. The Morgan fingerprint density at radius 2 is 1.86 bits per heavy atom. The number of hydrogen-bond donors (Lipinski definition) is 1. The maximum Gasteiger partial charge on any atom is 0.262 e. The van der Waals surface area contributed by atoms with Crippen LogP contribution in [0.5, 0.6) is 5.75 Å². The third kappa shape index (κ3) is 5.13. The first-order valence-corrected chi connectivity index (χ1v) is 12.2. The Hall–Kier alpha value is -1.89. The predicted molar refractivity (Wildman–Crippen MR) is 123 cm³/mol. The summed E-state index contributed by atoms with van der Waals surface area (Å²) in [6.07, 6.45) is 1.29. The lowest BCUT2D eigenvalue weighted by Gasteiger charge is -2.21. The van der Waals surface area contributed by atoms with E-state index in [4.69, 9.17) is 4.74 Å². The normalized spacial score (nSPS) is 14.6. The first kappa shape index (κ1) is 19.4. The minimum Gasteiger partial charge on any atom is -0.484 e.